The Kier molecular flexibility index (Phi) is 7.10. The second-order valence-corrected chi connectivity index (χ2v) is 4.27. The van der Waals surface area contributed by atoms with Crippen molar-refractivity contribution in [2.24, 2.45) is 5.92 Å². The van der Waals surface area contributed by atoms with Crippen LogP contribution < -0.4 is 0 Å². The van der Waals surface area contributed by atoms with Crippen LogP contribution >= 0.6 is 0 Å². The molecule has 88 valence electrons. The Morgan fingerprint density at radius 3 is 2.33 bits per heavy atom. The van der Waals surface area contributed by atoms with Crippen molar-refractivity contribution in [3.8, 4) is 0 Å². The Morgan fingerprint density at radius 2 is 1.93 bits per heavy atom. The molecule has 0 heterocycles. The molecule has 1 atom stereocenters. The lowest BCUT2D eigenvalue weighted by atomic mass is 10.0. The number of carbonyl (C=O) groups is 1. The maximum absolute atomic E-state index is 11.6. The summed E-state index contributed by atoms with van der Waals surface area (Å²) < 4.78 is 5.46. The fourth-order valence-corrected chi connectivity index (χ4v) is 1.43. The molecule has 0 aromatic rings. The van der Waals surface area contributed by atoms with Gasteiger partial charge in [-0.05, 0) is 25.7 Å². The van der Waals surface area contributed by atoms with E-state index in [9.17, 15) is 4.79 Å². The molecule has 0 amide bonds. The molecule has 1 unspecified atom stereocenters. The van der Waals surface area contributed by atoms with Gasteiger partial charge in [0, 0.05) is 5.57 Å². The minimum Gasteiger partial charge on any atom is -0.459 e. The van der Waals surface area contributed by atoms with Gasteiger partial charge < -0.3 is 4.74 Å². The van der Waals surface area contributed by atoms with Gasteiger partial charge in [0.1, 0.15) is 6.10 Å². The lowest BCUT2D eigenvalue weighted by Crippen LogP contribution is -2.23. The van der Waals surface area contributed by atoms with Crippen LogP contribution in [0.1, 0.15) is 53.9 Å². The highest BCUT2D eigenvalue weighted by atomic mass is 16.5. The molecule has 0 aliphatic rings. The number of esters is 1. The first-order valence-electron chi connectivity index (χ1n) is 5.90. The van der Waals surface area contributed by atoms with Gasteiger partial charge in [-0.2, -0.15) is 0 Å². The fourth-order valence-electron chi connectivity index (χ4n) is 1.43. The topological polar surface area (TPSA) is 26.3 Å². The van der Waals surface area contributed by atoms with Crippen LogP contribution in [0.3, 0.4) is 0 Å². The molecule has 0 N–H and O–H groups in total. The van der Waals surface area contributed by atoms with Gasteiger partial charge in [0.05, 0.1) is 0 Å². The molecule has 0 bridgehead atoms. The molecule has 0 spiro atoms. The summed E-state index contributed by atoms with van der Waals surface area (Å²) in [5, 5.41) is 0. The summed E-state index contributed by atoms with van der Waals surface area (Å²) in [6, 6.07) is 0. The van der Waals surface area contributed by atoms with Crippen molar-refractivity contribution >= 4 is 5.97 Å². The maximum Gasteiger partial charge on any atom is 0.333 e. The third-order valence-corrected chi connectivity index (χ3v) is 2.41. The van der Waals surface area contributed by atoms with Gasteiger partial charge in [-0.3, -0.25) is 0 Å². The summed E-state index contributed by atoms with van der Waals surface area (Å²) in [6.07, 6.45) is 4.84. The molecule has 0 rings (SSSR count). The van der Waals surface area contributed by atoms with E-state index in [0.29, 0.717) is 5.92 Å². The van der Waals surface area contributed by atoms with Crippen LogP contribution in [-0.2, 0) is 9.53 Å². The van der Waals surface area contributed by atoms with Crippen molar-refractivity contribution in [3.05, 3.63) is 11.6 Å². The van der Waals surface area contributed by atoms with E-state index < -0.39 is 0 Å². The second-order valence-electron chi connectivity index (χ2n) is 4.27. The van der Waals surface area contributed by atoms with E-state index in [1.165, 1.54) is 0 Å². The quantitative estimate of drug-likeness (QED) is 0.495. The van der Waals surface area contributed by atoms with Gasteiger partial charge >= 0.3 is 5.97 Å². The van der Waals surface area contributed by atoms with Crippen LogP contribution in [0.5, 0.6) is 0 Å². The molecule has 0 aromatic carbocycles. The predicted molar refractivity (Wildman–Crippen MR) is 63.7 cm³/mol. The van der Waals surface area contributed by atoms with E-state index in [2.05, 4.69) is 20.8 Å². The highest BCUT2D eigenvalue weighted by Gasteiger charge is 2.17. The minimum absolute atomic E-state index is 0.0581. The minimum atomic E-state index is -0.163. The van der Waals surface area contributed by atoms with Gasteiger partial charge in [0.2, 0.25) is 0 Å². The average Bonchev–Trinajstić information content (AvgIpc) is 2.17. The zero-order chi connectivity index (χ0) is 11.8. The highest BCUT2D eigenvalue weighted by Crippen LogP contribution is 2.14. The Hall–Kier alpha value is -0.790. The number of hydrogen-bond acceptors (Lipinski definition) is 2. The molecule has 0 aromatic heterocycles. The lowest BCUT2D eigenvalue weighted by molar-refractivity contribution is -0.146. The molecule has 0 radical (unpaired) electrons. The van der Waals surface area contributed by atoms with Crippen molar-refractivity contribution in [1.29, 1.82) is 0 Å². The van der Waals surface area contributed by atoms with Crippen LogP contribution in [-0.4, -0.2) is 12.1 Å². The Balaban J connectivity index is 4.28. The molecule has 0 aliphatic heterocycles. The summed E-state index contributed by atoms with van der Waals surface area (Å²) >= 11 is 0. The Labute approximate surface area is 93.7 Å². The summed E-state index contributed by atoms with van der Waals surface area (Å²) in [6.45, 7) is 10.1. The number of hydrogen-bond donors (Lipinski definition) is 0. The summed E-state index contributed by atoms with van der Waals surface area (Å²) in [5.74, 6) is 0.229. The highest BCUT2D eigenvalue weighted by molar-refractivity contribution is 5.87. The van der Waals surface area contributed by atoms with Crippen molar-refractivity contribution in [2.45, 2.75) is 60.0 Å². The first-order chi connectivity index (χ1) is 7.02. The van der Waals surface area contributed by atoms with E-state index in [-0.39, 0.29) is 12.1 Å². The standard InChI is InChI=1S/C13H24O2/c1-6-8-11(5)13(14)15-12(9-7-2)10(3)4/h8,10,12H,6-7,9H2,1-5H3. The fraction of sp³-hybridized carbons (Fsp3) is 0.769. The van der Waals surface area contributed by atoms with Crippen LogP contribution in [0.25, 0.3) is 0 Å². The van der Waals surface area contributed by atoms with E-state index in [1.54, 1.807) is 0 Å². The largest absolute Gasteiger partial charge is 0.459 e. The van der Waals surface area contributed by atoms with Crippen LogP contribution in [0, 0.1) is 5.92 Å². The molecule has 2 heteroatoms. The van der Waals surface area contributed by atoms with Crippen molar-refractivity contribution in [2.75, 3.05) is 0 Å². The van der Waals surface area contributed by atoms with Gasteiger partial charge in [0.15, 0.2) is 0 Å². The summed E-state index contributed by atoms with van der Waals surface area (Å²) in [7, 11) is 0. The predicted octanol–water partition coefficient (Wildman–Crippen LogP) is 3.71. The average molecular weight is 212 g/mol. The van der Waals surface area contributed by atoms with Gasteiger partial charge in [-0.1, -0.05) is 40.2 Å². The Bertz CT molecular complexity index is 217. The van der Waals surface area contributed by atoms with Gasteiger partial charge in [-0.15, -0.1) is 0 Å². The van der Waals surface area contributed by atoms with E-state index in [0.717, 1.165) is 24.8 Å². The van der Waals surface area contributed by atoms with E-state index in [4.69, 9.17) is 4.74 Å². The molecule has 0 aliphatic carbocycles. The second kappa shape index (κ2) is 7.49. The number of carbonyl (C=O) groups excluding carboxylic acids is 1. The van der Waals surface area contributed by atoms with Gasteiger partial charge in [0.25, 0.3) is 0 Å². The molecule has 0 fully saturated rings. The molecule has 2 nitrogen and oxygen atoms in total. The first-order valence-corrected chi connectivity index (χ1v) is 5.90. The van der Waals surface area contributed by atoms with Crippen LogP contribution in [0.2, 0.25) is 0 Å². The van der Waals surface area contributed by atoms with Crippen LogP contribution in [0.15, 0.2) is 11.6 Å². The van der Waals surface area contributed by atoms with Gasteiger partial charge in [-0.25, -0.2) is 4.79 Å². The smallest absolute Gasteiger partial charge is 0.333 e. The Morgan fingerprint density at radius 1 is 1.33 bits per heavy atom. The van der Waals surface area contributed by atoms with Crippen molar-refractivity contribution in [3.63, 3.8) is 0 Å². The van der Waals surface area contributed by atoms with E-state index in [1.807, 2.05) is 19.9 Å². The molecular formula is C13H24O2. The number of ether oxygens (including phenoxy) is 1. The monoisotopic (exact) mass is 212 g/mol. The third-order valence-electron chi connectivity index (χ3n) is 2.41. The number of allylic oxidation sites excluding steroid dienone is 1. The normalized spacial score (nSPS) is 14.1. The SMILES string of the molecule is CCC=C(C)C(=O)OC(CCC)C(C)C. The molecule has 0 saturated heterocycles. The van der Waals surface area contributed by atoms with E-state index >= 15 is 0 Å². The van der Waals surface area contributed by atoms with Crippen LogP contribution in [0.4, 0.5) is 0 Å². The zero-order valence-electron chi connectivity index (χ0n) is 10.7. The van der Waals surface area contributed by atoms with Crippen molar-refractivity contribution in [1.82, 2.24) is 0 Å². The summed E-state index contributed by atoms with van der Waals surface area (Å²) in [5.41, 5.74) is 0.722. The maximum atomic E-state index is 11.6. The lowest BCUT2D eigenvalue weighted by Gasteiger charge is -2.20. The molecule has 0 saturated carbocycles. The molecular weight excluding hydrogens is 188 g/mol. The molecule has 15 heavy (non-hydrogen) atoms. The number of rotatable bonds is 6. The summed E-state index contributed by atoms with van der Waals surface area (Å²) in [4.78, 5) is 11.6. The van der Waals surface area contributed by atoms with Crippen molar-refractivity contribution < 1.29 is 9.53 Å². The zero-order valence-corrected chi connectivity index (χ0v) is 10.7. The first kappa shape index (κ1) is 14.2. The third kappa shape index (κ3) is 5.60.